The molecule has 0 radical (unpaired) electrons. The van der Waals surface area contributed by atoms with Crippen LogP contribution in [0.5, 0.6) is 11.5 Å². The highest BCUT2D eigenvalue weighted by Crippen LogP contribution is 2.38. The number of hydrogen-bond acceptors (Lipinski definition) is 6. The van der Waals surface area contributed by atoms with E-state index >= 15 is 0 Å². The minimum atomic E-state index is -4.66. The van der Waals surface area contributed by atoms with Crippen LogP contribution in [-0.2, 0) is 25.1 Å². The van der Waals surface area contributed by atoms with Crippen molar-refractivity contribution in [1.82, 2.24) is 19.9 Å². The summed E-state index contributed by atoms with van der Waals surface area (Å²) in [5.74, 6) is -17.6. The van der Waals surface area contributed by atoms with Gasteiger partial charge < -0.3 is 9.47 Å². The molecule has 0 atom stereocenters. The maximum atomic E-state index is 14.4. The fraction of sp³-hybridized carbons (Fsp3) is 0.200. The Balaban J connectivity index is 0.000000224. The number of aromatic nitrogens is 4. The maximum Gasteiger partial charge on any atom is 0.432 e. The molecule has 0 saturated carbocycles. The molecule has 2 heterocycles. The minimum absolute atomic E-state index is 0.0916. The summed E-state index contributed by atoms with van der Waals surface area (Å²) in [5, 5.41) is 0. The molecule has 0 N–H and O–H groups in total. The van der Waals surface area contributed by atoms with Crippen molar-refractivity contribution in [1.29, 1.82) is 0 Å². The predicted molar refractivity (Wildman–Crippen MR) is 184 cm³/mol. The number of hydrogen-bond donors (Lipinski definition) is 0. The van der Waals surface area contributed by atoms with Crippen molar-refractivity contribution in [3.8, 4) is 34.3 Å². The first-order chi connectivity index (χ1) is 27.8. The molecule has 310 valence electrons. The lowest BCUT2D eigenvalue weighted by molar-refractivity contribution is -0.190. The molecule has 6 nitrogen and oxygen atoms in total. The molecule has 0 amide bonds. The fourth-order valence-corrected chi connectivity index (χ4v) is 5.30. The van der Waals surface area contributed by atoms with Gasteiger partial charge in [-0.25, -0.2) is 59.4 Å². The monoisotopic (exact) mass is 842 g/mol. The standard InChI is InChI=1S/C20H13F7N2O.C20H14F6N2O/c1-2-3-10-8-28-19(29-9-10)11-4-13(21)17(14(22)5-11)20(26,27)30-12-6-15(23)18(25)16(24)7-12;1-2-3-11-9-27-19(28-10-11)12-4-5-14(15(21)6-12)20(25,26)29-13-7-16(22)18(24)17(23)8-13/h4-9H,2-3H2,1H3;4-10H,2-3H2,1H3. The number of halogens is 13. The number of rotatable bonds is 12. The SMILES string of the molecule is CCCc1cnc(-c2cc(F)c(C(F)(F)Oc3cc(F)c(F)c(F)c3)c(F)c2)nc1.CCCc1cnc(-c2ccc(C(F)(F)Oc3cc(F)c(F)c(F)c3)c(F)c2)nc1. The molecule has 0 saturated heterocycles. The lowest BCUT2D eigenvalue weighted by Crippen LogP contribution is -2.25. The highest BCUT2D eigenvalue weighted by Gasteiger charge is 2.42. The first kappa shape index (κ1) is 43.8. The normalized spacial score (nSPS) is 11.6. The third-order valence-corrected chi connectivity index (χ3v) is 8.03. The van der Waals surface area contributed by atoms with Gasteiger partial charge in [-0.15, -0.1) is 0 Å². The van der Waals surface area contributed by atoms with Crippen molar-refractivity contribution >= 4 is 0 Å². The van der Waals surface area contributed by atoms with Crippen LogP contribution in [0, 0.1) is 52.4 Å². The van der Waals surface area contributed by atoms with Crippen LogP contribution in [0.25, 0.3) is 22.8 Å². The molecule has 0 aliphatic carbocycles. The van der Waals surface area contributed by atoms with Crippen LogP contribution in [0.1, 0.15) is 48.9 Å². The van der Waals surface area contributed by atoms with Gasteiger partial charge in [0.05, 0.1) is 5.56 Å². The Morgan fingerprint density at radius 2 is 0.831 bits per heavy atom. The Morgan fingerprint density at radius 1 is 0.458 bits per heavy atom. The molecule has 0 unspecified atom stereocenters. The van der Waals surface area contributed by atoms with E-state index in [0.717, 1.165) is 48.6 Å². The second-order valence-electron chi connectivity index (χ2n) is 12.5. The minimum Gasteiger partial charge on any atom is -0.429 e. The molecular weight excluding hydrogens is 815 g/mol. The fourth-order valence-electron chi connectivity index (χ4n) is 5.30. The van der Waals surface area contributed by atoms with Crippen molar-refractivity contribution in [3.63, 3.8) is 0 Å². The average Bonchev–Trinajstić information content (AvgIpc) is 3.16. The largest absolute Gasteiger partial charge is 0.432 e. The summed E-state index contributed by atoms with van der Waals surface area (Å²) in [7, 11) is 0. The van der Waals surface area contributed by atoms with Gasteiger partial charge >= 0.3 is 12.2 Å². The van der Waals surface area contributed by atoms with Crippen molar-refractivity contribution in [2.45, 2.75) is 51.7 Å². The third-order valence-electron chi connectivity index (χ3n) is 8.03. The van der Waals surface area contributed by atoms with Gasteiger partial charge in [0.1, 0.15) is 34.5 Å². The van der Waals surface area contributed by atoms with E-state index < -0.39 is 87.2 Å². The first-order valence-corrected chi connectivity index (χ1v) is 17.2. The van der Waals surface area contributed by atoms with Crippen molar-refractivity contribution in [2.75, 3.05) is 0 Å². The second kappa shape index (κ2) is 18.1. The zero-order valence-corrected chi connectivity index (χ0v) is 30.4. The Bertz CT molecular complexity index is 2370. The third kappa shape index (κ3) is 10.4. The van der Waals surface area contributed by atoms with Gasteiger partial charge in [0.2, 0.25) is 0 Å². The molecule has 0 fully saturated rings. The van der Waals surface area contributed by atoms with Crippen molar-refractivity contribution < 1.29 is 66.5 Å². The molecule has 4 aromatic carbocycles. The number of nitrogens with zero attached hydrogens (tertiary/aromatic N) is 4. The molecule has 0 aliphatic rings. The topological polar surface area (TPSA) is 70.0 Å². The van der Waals surface area contributed by atoms with Gasteiger partial charge in [-0.1, -0.05) is 32.8 Å². The zero-order chi connectivity index (χ0) is 43.2. The Kier molecular flexibility index (Phi) is 13.5. The van der Waals surface area contributed by atoms with Crippen LogP contribution in [0.2, 0.25) is 0 Å². The molecule has 2 aromatic heterocycles. The summed E-state index contributed by atoms with van der Waals surface area (Å²) < 4.78 is 187. The van der Waals surface area contributed by atoms with Crippen LogP contribution in [0.15, 0.2) is 79.4 Å². The predicted octanol–water partition coefficient (Wildman–Crippen LogP) is 11.7. The summed E-state index contributed by atoms with van der Waals surface area (Å²) in [6, 6.07) is 4.61. The summed E-state index contributed by atoms with van der Waals surface area (Å²) in [5.41, 5.74) is -1.34. The van der Waals surface area contributed by atoms with E-state index in [1.165, 1.54) is 12.4 Å². The summed E-state index contributed by atoms with van der Waals surface area (Å²) in [6.07, 6.45) is 0.272. The molecule has 6 aromatic rings. The number of ether oxygens (including phenoxy) is 2. The van der Waals surface area contributed by atoms with Gasteiger partial charge in [-0.05, 0) is 48.2 Å². The van der Waals surface area contributed by atoms with Crippen LogP contribution in [0.4, 0.5) is 57.1 Å². The van der Waals surface area contributed by atoms with Gasteiger partial charge in [0.15, 0.2) is 46.6 Å². The highest BCUT2D eigenvalue weighted by molar-refractivity contribution is 5.57. The lowest BCUT2D eigenvalue weighted by atomic mass is 10.1. The van der Waals surface area contributed by atoms with E-state index in [2.05, 4.69) is 29.4 Å². The van der Waals surface area contributed by atoms with Gasteiger partial charge in [-0.2, -0.15) is 17.6 Å². The van der Waals surface area contributed by atoms with E-state index in [0.29, 0.717) is 18.6 Å². The molecule has 0 spiro atoms. The van der Waals surface area contributed by atoms with Gasteiger partial charge in [-0.3, -0.25) is 0 Å². The van der Waals surface area contributed by atoms with E-state index in [1.807, 2.05) is 13.8 Å². The first-order valence-electron chi connectivity index (χ1n) is 17.2. The average molecular weight is 843 g/mol. The van der Waals surface area contributed by atoms with Crippen LogP contribution >= 0.6 is 0 Å². The smallest absolute Gasteiger partial charge is 0.429 e. The van der Waals surface area contributed by atoms with Crippen LogP contribution < -0.4 is 9.47 Å². The Morgan fingerprint density at radius 3 is 1.22 bits per heavy atom. The summed E-state index contributed by atoms with van der Waals surface area (Å²) in [6.45, 7) is 3.92. The highest BCUT2D eigenvalue weighted by atomic mass is 19.3. The quantitative estimate of drug-likeness (QED) is 0.0903. The number of alkyl halides is 4. The molecular formula is C40H27F13N4O2. The maximum absolute atomic E-state index is 14.4. The zero-order valence-electron chi connectivity index (χ0n) is 30.4. The second-order valence-corrected chi connectivity index (χ2v) is 12.5. The van der Waals surface area contributed by atoms with Crippen molar-refractivity contribution in [2.24, 2.45) is 0 Å². The van der Waals surface area contributed by atoms with E-state index in [4.69, 9.17) is 0 Å². The van der Waals surface area contributed by atoms with Crippen molar-refractivity contribution in [3.05, 3.63) is 154 Å². The summed E-state index contributed by atoms with van der Waals surface area (Å²) >= 11 is 0. The molecule has 0 aliphatic heterocycles. The van der Waals surface area contributed by atoms with E-state index in [9.17, 15) is 57.1 Å². The van der Waals surface area contributed by atoms with Gasteiger partial charge in [0.25, 0.3) is 0 Å². The van der Waals surface area contributed by atoms with E-state index in [1.54, 1.807) is 12.4 Å². The molecule has 19 heteroatoms. The Hall–Kier alpha value is -6.27. The molecule has 6 rings (SSSR count). The number of aryl methyl sites for hydroxylation is 2. The summed E-state index contributed by atoms with van der Waals surface area (Å²) in [4.78, 5) is 16.1. The van der Waals surface area contributed by atoms with Crippen LogP contribution in [0.3, 0.4) is 0 Å². The molecule has 0 bridgehead atoms. The van der Waals surface area contributed by atoms with Crippen LogP contribution in [-0.4, -0.2) is 19.9 Å². The van der Waals surface area contributed by atoms with Gasteiger partial charge in [0, 0.05) is 60.2 Å². The number of benzene rings is 4. The lowest BCUT2D eigenvalue weighted by Gasteiger charge is -2.20. The molecule has 59 heavy (non-hydrogen) atoms. The Labute approximate surface area is 326 Å². The van der Waals surface area contributed by atoms with E-state index in [-0.39, 0.29) is 47.0 Å².